The summed E-state index contributed by atoms with van der Waals surface area (Å²) in [6.07, 6.45) is 6.07. The number of hydrogen-bond acceptors (Lipinski definition) is 2. The van der Waals surface area contributed by atoms with Gasteiger partial charge in [-0.25, -0.2) is 4.98 Å². The maximum atomic E-state index is 4.70. The summed E-state index contributed by atoms with van der Waals surface area (Å²) in [7, 11) is 0. The van der Waals surface area contributed by atoms with Gasteiger partial charge in [0.05, 0.1) is 0 Å². The van der Waals surface area contributed by atoms with Gasteiger partial charge in [-0.1, -0.05) is 44.5 Å². The lowest BCUT2D eigenvalue weighted by molar-refractivity contribution is 0.392. The molecular weight excluding hydrogens is 244 g/mol. The highest BCUT2D eigenvalue weighted by atomic mass is 15.2. The summed E-state index contributed by atoms with van der Waals surface area (Å²) in [5.74, 6) is 2.66. The normalized spacial score (nSPS) is 24.4. The van der Waals surface area contributed by atoms with E-state index in [1.807, 2.05) is 6.20 Å². The van der Waals surface area contributed by atoms with Crippen LogP contribution >= 0.6 is 0 Å². The van der Waals surface area contributed by atoms with Crippen molar-refractivity contribution in [3.63, 3.8) is 0 Å². The molecule has 3 rings (SSSR count). The zero-order chi connectivity index (χ0) is 13.9. The highest BCUT2D eigenvalue weighted by molar-refractivity contribution is 5.83. The minimum atomic E-state index is 0.760. The van der Waals surface area contributed by atoms with Crippen LogP contribution in [0, 0.1) is 11.8 Å². The molecule has 2 nitrogen and oxygen atoms in total. The van der Waals surface area contributed by atoms with Gasteiger partial charge in [0.1, 0.15) is 5.82 Å². The molecule has 0 spiro atoms. The average Bonchev–Trinajstić information content (AvgIpc) is 2.44. The molecule has 1 aromatic heterocycles. The lowest BCUT2D eigenvalue weighted by Gasteiger charge is -2.32. The Morgan fingerprint density at radius 2 is 1.65 bits per heavy atom. The molecule has 1 aromatic carbocycles. The predicted molar refractivity (Wildman–Crippen MR) is 86.1 cm³/mol. The molecule has 0 N–H and O–H groups in total. The Morgan fingerprint density at radius 1 is 1.00 bits per heavy atom. The molecule has 2 atom stereocenters. The number of hydrogen-bond donors (Lipinski definition) is 0. The molecule has 106 valence electrons. The Kier molecular flexibility index (Phi) is 3.90. The van der Waals surface area contributed by atoms with Crippen LogP contribution in [0.2, 0.25) is 0 Å². The fourth-order valence-electron chi connectivity index (χ4n) is 3.26. The van der Waals surface area contributed by atoms with E-state index in [2.05, 4.69) is 49.1 Å². The number of anilines is 1. The third kappa shape index (κ3) is 2.95. The van der Waals surface area contributed by atoms with Gasteiger partial charge < -0.3 is 4.90 Å². The van der Waals surface area contributed by atoms with Crippen LogP contribution in [0.25, 0.3) is 10.8 Å². The lowest BCUT2D eigenvalue weighted by Crippen LogP contribution is -2.35. The number of benzene rings is 1. The van der Waals surface area contributed by atoms with Crippen LogP contribution in [0.15, 0.2) is 36.5 Å². The summed E-state index contributed by atoms with van der Waals surface area (Å²) in [5.41, 5.74) is 0. The van der Waals surface area contributed by atoms with Crippen molar-refractivity contribution in [2.45, 2.75) is 33.1 Å². The molecule has 2 heterocycles. The fraction of sp³-hybridized carbons (Fsp3) is 0.500. The number of fused-ring (bicyclic) bond motifs is 1. The second kappa shape index (κ2) is 5.82. The molecule has 0 aliphatic carbocycles. The second-order valence-electron chi connectivity index (χ2n) is 6.44. The first-order chi connectivity index (χ1) is 9.72. The number of rotatable bonds is 1. The number of aromatic nitrogens is 1. The molecule has 2 heteroatoms. The van der Waals surface area contributed by atoms with Crippen LogP contribution < -0.4 is 4.90 Å². The molecule has 0 radical (unpaired) electrons. The van der Waals surface area contributed by atoms with Gasteiger partial charge in [-0.2, -0.15) is 0 Å². The van der Waals surface area contributed by atoms with E-state index in [1.54, 1.807) is 0 Å². The van der Waals surface area contributed by atoms with Gasteiger partial charge in [-0.3, -0.25) is 0 Å². The molecule has 1 aliphatic heterocycles. The maximum Gasteiger partial charge on any atom is 0.129 e. The van der Waals surface area contributed by atoms with Crippen LogP contribution in [-0.2, 0) is 0 Å². The van der Waals surface area contributed by atoms with E-state index in [-0.39, 0.29) is 0 Å². The molecule has 0 amide bonds. The number of nitrogens with zero attached hydrogens (tertiary/aromatic N) is 2. The van der Waals surface area contributed by atoms with Crippen LogP contribution in [-0.4, -0.2) is 18.1 Å². The highest BCUT2D eigenvalue weighted by Gasteiger charge is 2.18. The minimum absolute atomic E-state index is 0.760. The standard InChI is InChI=1S/C18H24N2/c1-14-6-5-7-15(2)13-20(12-14)18-10-16-8-3-4-9-17(16)11-19-18/h3-4,8-11,14-15H,5-7,12-13H2,1-2H3. The van der Waals surface area contributed by atoms with E-state index in [0.717, 1.165) is 30.7 Å². The molecular formula is C18H24N2. The maximum absolute atomic E-state index is 4.70. The van der Waals surface area contributed by atoms with Crippen LogP contribution in [0.3, 0.4) is 0 Å². The smallest absolute Gasteiger partial charge is 0.129 e. The van der Waals surface area contributed by atoms with Crippen molar-refractivity contribution in [3.05, 3.63) is 36.5 Å². The largest absolute Gasteiger partial charge is 0.356 e. The quantitative estimate of drug-likeness (QED) is 0.757. The molecule has 1 fully saturated rings. The zero-order valence-corrected chi connectivity index (χ0v) is 12.5. The van der Waals surface area contributed by atoms with Crippen molar-refractivity contribution in [2.24, 2.45) is 11.8 Å². The Bertz CT molecular complexity index is 566. The van der Waals surface area contributed by atoms with E-state index < -0.39 is 0 Å². The molecule has 1 aliphatic rings. The molecule has 2 aromatic rings. The van der Waals surface area contributed by atoms with Crippen molar-refractivity contribution in [1.82, 2.24) is 4.98 Å². The number of pyridine rings is 1. The predicted octanol–water partition coefficient (Wildman–Crippen LogP) is 4.50. The van der Waals surface area contributed by atoms with E-state index in [9.17, 15) is 0 Å². The topological polar surface area (TPSA) is 16.1 Å². The average molecular weight is 268 g/mol. The van der Waals surface area contributed by atoms with Gasteiger partial charge in [-0.15, -0.1) is 0 Å². The zero-order valence-electron chi connectivity index (χ0n) is 12.5. The van der Waals surface area contributed by atoms with Crippen molar-refractivity contribution >= 4 is 16.6 Å². The van der Waals surface area contributed by atoms with Crippen LogP contribution in [0.4, 0.5) is 5.82 Å². The van der Waals surface area contributed by atoms with Crippen molar-refractivity contribution in [3.8, 4) is 0 Å². The summed E-state index contributed by atoms with van der Waals surface area (Å²) in [6, 6.07) is 10.7. The molecule has 0 saturated carbocycles. The first-order valence-corrected chi connectivity index (χ1v) is 7.82. The van der Waals surface area contributed by atoms with E-state index in [1.165, 1.54) is 30.0 Å². The van der Waals surface area contributed by atoms with Crippen molar-refractivity contribution in [2.75, 3.05) is 18.0 Å². The summed E-state index contributed by atoms with van der Waals surface area (Å²) in [5, 5.41) is 2.52. The first kappa shape index (κ1) is 13.4. The highest BCUT2D eigenvalue weighted by Crippen LogP contribution is 2.25. The Balaban J connectivity index is 1.90. The van der Waals surface area contributed by atoms with Crippen LogP contribution in [0.1, 0.15) is 33.1 Å². The minimum Gasteiger partial charge on any atom is -0.356 e. The van der Waals surface area contributed by atoms with Gasteiger partial charge in [0.25, 0.3) is 0 Å². The summed E-state index contributed by atoms with van der Waals surface area (Å²) < 4.78 is 0. The van der Waals surface area contributed by atoms with Crippen LogP contribution in [0.5, 0.6) is 0 Å². The van der Waals surface area contributed by atoms with Gasteiger partial charge in [0.2, 0.25) is 0 Å². The first-order valence-electron chi connectivity index (χ1n) is 7.82. The SMILES string of the molecule is CC1CCCC(C)CN(c2cc3ccccc3cn2)C1. The summed E-state index contributed by atoms with van der Waals surface area (Å²) in [6.45, 7) is 7.00. The van der Waals surface area contributed by atoms with E-state index in [0.29, 0.717) is 0 Å². The monoisotopic (exact) mass is 268 g/mol. The van der Waals surface area contributed by atoms with Crippen molar-refractivity contribution < 1.29 is 0 Å². The third-order valence-corrected chi connectivity index (χ3v) is 4.40. The van der Waals surface area contributed by atoms with Gasteiger partial charge in [0.15, 0.2) is 0 Å². The molecule has 0 bridgehead atoms. The van der Waals surface area contributed by atoms with Gasteiger partial charge in [-0.05, 0) is 36.1 Å². The van der Waals surface area contributed by atoms with E-state index >= 15 is 0 Å². The molecule has 20 heavy (non-hydrogen) atoms. The second-order valence-corrected chi connectivity index (χ2v) is 6.44. The van der Waals surface area contributed by atoms with Gasteiger partial charge >= 0.3 is 0 Å². The van der Waals surface area contributed by atoms with Crippen molar-refractivity contribution in [1.29, 1.82) is 0 Å². The van der Waals surface area contributed by atoms with Gasteiger partial charge in [0, 0.05) is 24.7 Å². The molecule has 2 unspecified atom stereocenters. The third-order valence-electron chi connectivity index (χ3n) is 4.40. The summed E-state index contributed by atoms with van der Waals surface area (Å²) in [4.78, 5) is 7.18. The Morgan fingerprint density at radius 3 is 2.35 bits per heavy atom. The lowest BCUT2D eigenvalue weighted by atomic mass is 9.94. The fourth-order valence-corrected chi connectivity index (χ4v) is 3.26. The Hall–Kier alpha value is -1.57. The Labute approximate surface area is 121 Å². The summed E-state index contributed by atoms with van der Waals surface area (Å²) >= 11 is 0. The van der Waals surface area contributed by atoms with E-state index in [4.69, 9.17) is 4.98 Å². The molecule has 1 saturated heterocycles.